The third-order valence-electron chi connectivity index (χ3n) is 11.0. The van der Waals surface area contributed by atoms with E-state index in [4.69, 9.17) is 0 Å². The third-order valence-corrected chi connectivity index (χ3v) is 11.0. The van der Waals surface area contributed by atoms with Crippen LogP contribution in [0, 0.1) is 0 Å². The molecule has 47 heavy (non-hydrogen) atoms. The van der Waals surface area contributed by atoms with Crippen molar-refractivity contribution in [3.8, 4) is 5.75 Å². The average Bonchev–Trinajstić information content (AvgIpc) is 3.08. The number of hydrogen-bond donors (Lipinski definition) is 1. The summed E-state index contributed by atoms with van der Waals surface area (Å²) in [7, 11) is 0. The van der Waals surface area contributed by atoms with E-state index < -0.39 is 0 Å². The van der Waals surface area contributed by atoms with Crippen LogP contribution >= 0.6 is 0 Å². The molecule has 1 unspecified atom stereocenters. The number of benzene rings is 1. The summed E-state index contributed by atoms with van der Waals surface area (Å²) in [5.41, 5.74) is 1.11. The molecule has 0 amide bonds. The van der Waals surface area contributed by atoms with Crippen molar-refractivity contribution >= 4 is 0 Å². The summed E-state index contributed by atoms with van der Waals surface area (Å²) in [6, 6.07) is 7.84. The fraction of sp³-hybridized carbons (Fsp3) is 0.870. The van der Waals surface area contributed by atoms with E-state index in [1.165, 1.54) is 238 Å². The highest BCUT2D eigenvalue weighted by atomic mass is 16.3. The highest BCUT2D eigenvalue weighted by Crippen LogP contribution is 2.29. The molecule has 0 aliphatic heterocycles. The standard InChI is InChI=1S/C46H86O/c1-3-4-5-6-7-8-9-10-11-12-13-14-15-16-17-18-19-20-21-22-23-24-25-26-27-28-29-30-31-32-33-34-35-36-37-38-41-44(2)45-42-39-40-43-46(45)47/h39-40,42-44,47H,3-38,41H2,1-2H3. The van der Waals surface area contributed by atoms with E-state index in [1.54, 1.807) is 0 Å². The van der Waals surface area contributed by atoms with Crippen LogP contribution in [-0.4, -0.2) is 5.11 Å². The second-order valence-electron chi connectivity index (χ2n) is 15.6. The van der Waals surface area contributed by atoms with Crippen LogP contribution in [0.2, 0.25) is 0 Å². The Bertz CT molecular complexity index is 725. The zero-order valence-corrected chi connectivity index (χ0v) is 32.5. The van der Waals surface area contributed by atoms with Gasteiger partial charge in [0.2, 0.25) is 0 Å². The van der Waals surface area contributed by atoms with Crippen LogP contribution in [0.4, 0.5) is 0 Å². The number of hydrogen-bond acceptors (Lipinski definition) is 1. The first kappa shape index (κ1) is 44.0. The van der Waals surface area contributed by atoms with Gasteiger partial charge in [-0.05, 0) is 24.0 Å². The van der Waals surface area contributed by atoms with Crippen molar-refractivity contribution in [1.29, 1.82) is 0 Å². The molecule has 1 aromatic rings. The summed E-state index contributed by atoms with van der Waals surface area (Å²) in [5, 5.41) is 10.0. The van der Waals surface area contributed by atoms with Crippen LogP contribution in [0.3, 0.4) is 0 Å². The Labute approximate surface area is 297 Å². The van der Waals surface area contributed by atoms with Gasteiger partial charge in [0.15, 0.2) is 0 Å². The summed E-state index contributed by atoms with van der Waals surface area (Å²) in [4.78, 5) is 0. The van der Waals surface area contributed by atoms with Gasteiger partial charge in [0.1, 0.15) is 5.75 Å². The van der Waals surface area contributed by atoms with Gasteiger partial charge >= 0.3 is 0 Å². The number of rotatable bonds is 38. The SMILES string of the molecule is CCCCCCCCCCCCCCCCCCCCCCCCCCCCCCCCCCCCCCC(C)c1ccccc1O. The van der Waals surface area contributed by atoms with Gasteiger partial charge < -0.3 is 5.11 Å². The van der Waals surface area contributed by atoms with E-state index in [0.717, 1.165) is 5.56 Å². The maximum absolute atomic E-state index is 10.0. The first-order valence-electron chi connectivity index (χ1n) is 22.0. The van der Waals surface area contributed by atoms with Gasteiger partial charge in [-0.15, -0.1) is 0 Å². The highest BCUT2D eigenvalue weighted by molar-refractivity contribution is 5.34. The second kappa shape index (κ2) is 36.3. The van der Waals surface area contributed by atoms with Gasteiger partial charge in [-0.2, -0.15) is 0 Å². The topological polar surface area (TPSA) is 20.2 Å². The van der Waals surface area contributed by atoms with Crippen LogP contribution in [0.25, 0.3) is 0 Å². The highest BCUT2D eigenvalue weighted by Gasteiger charge is 2.09. The summed E-state index contributed by atoms with van der Waals surface area (Å²) in [6.07, 6.45) is 53.7. The number of phenolic OH excluding ortho intramolecular Hbond substituents is 1. The molecule has 1 nitrogen and oxygen atoms in total. The Morgan fingerprint density at radius 1 is 0.362 bits per heavy atom. The number of para-hydroxylation sites is 1. The number of unbranched alkanes of at least 4 members (excludes halogenated alkanes) is 35. The monoisotopic (exact) mass is 655 g/mol. The summed E-state index contributed by atoms with van der Waals surface area (Å²) >= 11 is 0. The number of aromatic hydroxyl groups is 1. The van der Waals surface area contributed by atoms with Gasteiger partial charge in [0, 0.05) is 0 Å². The van der Waals surface area contributed by atoms with Crippen molar-refractivity contribution in [1.82, 2.24) is 0 Å². The summed E-state index contributed by atoms with van der Waals surface area (Å²) in [5.74, 6) is 0.931. The van der Waals surface area contributed by atoms with Gasteiger partial charge in [-0.25, -0.2) is 0 Å². The first-order chi connectivity index (χ1) is 23.3. The van der Waals surface area contributed by atoms with E-state index in [1.807, 2.05) is 18.2 Å². The molecule has 0 saturated carbocycles. The lowest BCUT2D eigenvalue weighted by Crippen LogP contribution is -1.94. The lowest BCUT2D eigenvalue weighted by Gasteiger charge is -2.13. The summed E-state index contributed by atoms with van der Waals surface area (Å²) in [6.45, 7) is 4.56. The Kier molecular flexibility index (Phi) is 34.0. The molecule has 1 heteroatoms. The molecule has 276 valence electrons. The quantitative estimate of drug-likeness (QED) is 0.0704. The van der Waals surface area contributed by atoms with Crippen molar-refractivity contribution in [3.63, 3.8) is 0 Å². The predicted molar refractivity (Wildman–Crippen MR) is 213 cm³/mol. The second-order valence-corrected chi connectivity index (χ2v) is 15.6. The van der Waals surface area contributed by atoms with Crippen molar-refractivity contribution in [2.45, 2.75) is 257 Å². The molecule has 1 rings (SSSR count). The van der Waals surface area contributed by atoms with Gasteiger partial charge in [-0.1, -0.05) is 263 Å². The number of phenols is 1. The lowest BCUT2D eigenvalue weighted by atomic mass is 9.94. The average molecular weight is 655 g/mol. The molecule has 0 radical (unpaired) electrons. The molecular formula is C46H86O. The van der Waals surface area contributed by atoms with Crippen LogP contribution in [0.1, 0.15) is 263 Å². The fourth-order valence-electron chi connectivity index (χ4n) is 7.59. The molecular weight excluding hydrogens is 569 g/mol. The molecule has 0 saturated heterocycles. The Hall–Kier alpha value is -0.980. The van der Waals surface area contributed by atoms with Crippen molar-refractivity contribution in [2.24, 2.45) is 0 Å². The normalized spacial score (nSPS) is 12.2. The van der Waals surface area contributed by atoms with E-state index in [2.05, 4.69) is 19.9 Å². The van der Waals surface area contributed by atoms with Crippen LogP contribution in [0.15, 0.2) is 24.3 Å². The maximum Gasteiger partial charge on any atom is 0.119 e. The maximum atomic E-state index is 10.0. The molecule has 0 spiro atoms. The van der Waals surface area contributed by atoms with Crippen molar-refractivity contribution < 1.29 is 5.11 Å². The zero-order valence-electron chi connectivity index (χ0n) is 32.5. The largest absolute Gasteiger partial charge is 0.508 e. The van der Waals surface area contributed by atoms with E-state index in [0.29, 0.717) is 11.7 Å². The van der Waals surface area contributed by atoms with Crippen LogP contribution < -0.4 is 0 Å². The van der Waals surface area contributed by atoms with E-state index in [9.17, 15) is 5.11 Å². The minimum Gasteiger partial charge on any atom is -0.508 e. The molecule has 0 aliphatic rings. The molecule has 1 atom stereocenters. The smallest absolute Gasteiger partial charge is 0.119 e. The van der Waals surface area contributed by atoms with Crippen LogP contribution in [0.5, 0.6) is 5.75 Å². The molecule has 0 bridgehead atoms. The molecule has 1 N–H and O–H groups in total. The molecule has 0 fully saturated rings. The Morgan fingerprint density at radius 2 is 0.596 bits per heavy atom. The minimum atomic E-state index is 0.464. The Balaban J connectivity index is 1.65. The molecule has 0 aliphatic carbocycles. The first-order valence-corrected chi connectivity index (χ1v) is 22.0. The van der Waals surface area contributed by atoms with Gasteiger partial charge in [0.05, 0.1) is 0 Å². The third kappa shape index (κ3) is 30.8. The Morgan fingerprint density at radius 3 is 0.851 bits per heavy atom. The fourth-order valence-corrected chi connectivity index (χ4v) is 7.59. The van der Waals surface area contributed by atoms with Gasteiger partial charge in [0.25, 0.3) is 0 Å². The summed E-state index contributed by atoms with van der Waals surface area (Å²) < 4.78 is 0. The molecule has 1 aromatic carbocycles. The van der Waals surface area contributed by atoms with Crippen LogP contribution in [-0.2, 0) is 0 Å². The predicted octanol–water partition coefficient (Wildman–Crippen LogP) is 16.9. The van der Waals surface area contributed by atoms with E-state index >= 15 is 0 Å². The minimum absolute atomic E-state index is 0.464. The van der Waals surface area contributed by atoms with Crippen molar-refractivity contribution in [3.05, 3.63) is 29.8 Å². The van der Waals surface area contributed by atoms with Gasteiger partial charge in [-0.3, -0.25) is 0 Å². The molecule has 0 aromatic heterocycles. The lowest BCUT2D eigenvalue weighted by molar-refractivity contribution is 0.457. The zero-order chi connectivity index (χ0) is 33.7. The molecule has 0 heterocycles. The van der Waals surface area contributed by atoms with Crippen molar-refractivity contribution in [2.75, 3.05) is 0 Å². The van der Waals surface area contributed by atoms with E-state index in [-0.39, 0.29) is 0 Å².